The van der Waals surface area contributed by atoms with E-state index in [0.29, 0.717) is 43.3 Å². The molecule has 1 aromatic carbocycles. The number of benzene rings is 1. The van der Waals surface area contributed by atoms with Crippen molar-refractivity contribution in [1.29, 1.82) is 0 Å². The van der Waals surface area contributed by atoms with Crippen molar-refractivity contribution in [3.05, 3.63) is 36.4 Å². The van der Waals surface area contributed by atoms with Gasteiger partial charge in [-0.1, -0.05) is 0 Å². The lowest BCUT2D eigenvalue weighted by Crippen LogP contribution is -2.41. The Labute approximate surface area is 187 Å². The van der Waals surface area contributed by atoms with E-state index in [0.717, 1.165) is 27.7 Å². The zero-order chi connectivity index (χ0) is 22.9. The lowest BCUT2D eigenvalue weighted by molar-refractivity contribution is 0.137. The van der Waals surface area contributed by atoms with Crippen LogP contribution in [0.1, 0.15) is 18.5 Å². The molecule has 32 heavy (non-hydrogen) atoms. The van der Waals surface area contributed by atoms with E-state index in [1.165, 1.54) is 16.9 Å². The molecule has 1 fully saturated rings. The average Bonchev–Trinajstić information content (AvgIpc) is 2.79. The fourth-order valence-corrected chi connectivity index (χ4v) is 4.74. The molecule has 0 radical (unpaired) electrons. The number of hydrogen-bond donors (Lipinski definition) is 0. The number of fused-ring (bicyclic) bond motifs is 1. The van der Waals surface area contributed by atoms with Crippen LogP contribution in [0.3, 0.4) is 0 Å². The highest BCUT2D eigenvalue weighted by Gasteiger charge is 2.26. The van der Waals surface area contributed by atoms with Gasteiger partial charge in [-0.05, 0) is 43.5 Å². The van der Waals surface area contributed by atoms with Gasteiger partial charge in [-0.2, -0.15) is 0 Å². The van der Waals surface area contributed by atoms with Crippen LogP contribution < -0.4 is 14.2 Å². The minimum Gasteiger partial charge on any atom is -0.491 e. The number of pyridine rings is 1. The molecule has 2 aromatic heterocycles. The maximum atomic E-state index is 11.8. The number of nitrogens with zero attached hydrogens (tertiary/aromatic N) is 4. The van der Waals surface area contributed by atoms with Crippen LogP contribution in [0.2, 0.25) is 0 Å². The van der Waals surface area contributed by atoms with E-state index >= 15 is 0 Å². The van der Waals surface area contributed by atoms with Crippen LogP contribution in [-0.4, -0.2) is 67.3 Å². The molecule has 0 saturated carbocycles. The number of rotatable bonds is 6. The third-order valence-electron chi connectivity index (χ3n) is 5.63. The van der Waals surface area contributed by atoms with E-state index < -0.39 is 10.0 Å². The predicted molar refractivity (Wildman–Crippen MR) is 121 cm³/mol. The Morgan fingerprint density at radius 1 is 0.969 bits per heavy atom. The molecule has 0 spiro atoms. The molecule has 0 atom stereocenters. The van der Waals surface area contributed by atoms with Crippen LogP contribution >= 0.6 is 0 Å². The summed E-state index contributed by atoms with van der Waals surface area (Å²) < 4.78 is 42.1. The molecule has 9 nitrogen and oxygen atoms in total. The molecular formula is C22H26N4O5S. The summed E-state index contributed by atoms with van der Waals surface area (Å²) in [6.45, 7) is 2.80. The molecule has 3 aromatic rings. The van der Waals surface area contributed by atoms with E-state index in [9.17, 15) is 8.42 Å². The number of piperidine rings is 1. The predicted octanol–water partition coefficient (Wildman–Crippen LogP) is 2.82. The first-order valence-corrected chi connectivity index (χ1v) is 12.1. The Hall–Kier alpha value is -2.98. The lowest BCUT2D eigenvalue weighted by Gasteiger charge is -2.30. The van der Waals surface area contributed by atoms with Crippen LogP contribution in [0.25, 0.3) is 22.0 Å². The first-order valence-electron chi connectivity index (χ1n) is 10.3. The van der Waals surface area contributed by atoms with Gasteiger partial charge in [-0.15, -0.1) is 0 Å². The summed E-state index contributed by atoms with van der Waals surface area (Å²) in [5.41, 5.74) is 3.28. The fourth-order valence-electron chi connectivity index (χ4n) is 3.87. The zero-order valence-electron chi connectivity index (χ0n) is 18.5. The Kier molecular flexibility index (Phi) is 6.16. The van der Waals surface area contributed by atoms with E-state index in [2.05, 4.69) is 15.0 Å². The van der Waals surface area contributed by atoms with Gasteiger partial charge in [0, 0.05) is 35.9 Å². The highest BCUT2D eigenvalue weighted by Crippen LogP contribution is 2.36. The fraction of sp³-hybridized carbons (Fsp3) is 0.409. The van der Waals surface area contributed by atoms with Crippen molar-refractivity contribution in [2.75, 3.05) is 33.6 Å². The standard InChI is InChI=1S/C22H26N4O5S/c1-14-18-9-15(16-11-20(29-2)22(30-3)23-12-16)10-19(21(18)25-13-24-14)31-17-5-7-26(8-6-17)32(4,27)28/h9-13,17H,5-8H2,1-4H3. The minimum absolute atomic E-state index is 0.106. The summed E-state index contributed by atoms with van der Waals surface area (Å²) in [4.78, 5) is 13.1. The first kappa shape index (κ1) is 22.2. The van der Waals surface area contributed by atoms with Crippen LogP contribution in [0.4, 0.5) is 0 Å². The van der Waals surface area contributed by atoms with Crippen molar-refractivity contribution in [2.45, 2.75) is 25.9 Å². The molecule has 3 heterocycles. The molecular weight excluding hydrogens is 432 g/mol. The van der Waals surface area contributed by atoms with E-state index in [4.69, 9.17) is 14.2 Å². The van der Waals surface area contributed by atoms with Gasteiger partial charge in [-0.25, -0.2) is 27.7 Å². The van der Waals surface area contributed by atoms with Gasteiger partial charge in [0.05, 0.1) is 20.5 Å². The number of sulfonamides is 1. The number of aryl methyl sites for hydroxylation is 1. The molecule has 1 saturated heterocycles. The normalized spacial score (nSPS) is 15.6. The van der Waals surface area contributed by atoms with Crippen molar-refractivity contribution in [2.24, 2.45) is 0 Å². The van der Waals surface area contributed by atoms with Gasteiger partial charge < -0.3 is 14.2 Å². The largest absolute Gasteiger partial charge is 0.491 e. The summed E-state index contributed by atoms with van der Waals surface area (Å²) in [5.74, 6) is 1.57. The van der Waals surface area contributed by atoms with E-state index in [-0.39, 0.29) is 6.10 Å². The number of aromatic nitrogens is 3. The van der Waals surface area contributed by atoms with Crippen molar-refractivity contribution >= 4 is 20.9 Å². The molecule has 0 aliphatic carbocycles. The van der Waals surface area contributed by atoms with Gasteiger partial charge in [-0.3, -0.25) is 0 Å². The lowest BCUT2D eigenvalue weighted by atomic mass is 10.0. The maximum Gasteiger partial charge on any atom is 0.256 e. The summed E-state index contributed by atoms with van der Waals surface area (Å²) >= 11 is 0. The molecule has 0 unspecified atom stereocenters. The Morgan fingerprint density at radius 3 is 2.34 bits per heavy atom. The third kappa shape index (κ3) is 4.46. The van der Waals surface area contributed by atoms with Gasteiger partial charge in [0.2, 0.25) is 10.0 Å². The van der Waals surface area contributed by atoms with Gasteiger partial charge >= 0.3 is 0 Å². The quantitative estimate of drug-likeness (QED) is 0.555. The van der Waals surface area contributed by atoms with Gasteiger partial charge in [0.15, 0.2) is 5.75 Å². The summed E-state index contributed by atoms with van der Waals surface area (Å²) in [7, 11) is -0.0770. The average molecular weight is 459 g/mol. The highest BCUT2D eigenvalue weighted by molar-refractivity contribution is 7.88. The smallest absolute Gasteiger partial charge is 0.256 e. The second kappa shape index (κ2) is 8.87. The molecule has 0 bridgehead atoms. The van der Waals surface area contributed by atoms with E-state index in [1.54, 1.807) is 20.4 Å². The van der Waals surface area contributed by atoms with Crippen molar-refractivity contribution < 1.29 is 22.6 Å². The highest BCUT2D eigenvalue weighted by atomic mass is 32.2. The first-order chi connectivity index (χ1) is 15.3. The molecule has 10 heteroatoms. The van der Waals surface area contributed by atoms with Crippen LogP contribution in [0, 0.1) is 6.92 Å². The Morgan fingerprint density at radius 2 is 1.69 bits per heavy atom. The van der Waals surface area contributed by atoms with Crippen LogP contribution in [-0.2, 0) is 10.0 Å². The SMILES string of the molecule is COc1cc(-c2cc(OC3CCN(S(C)(=O)=O)CC3)c3ncnc(C)c3c2)cnc1OC. The second-order valence-corrected chi connectivity index (χ2v) is 9.73. The maximum absolute atomic E-state index is 11.8. The van der Waals surface area contributed by atoms with Crippen molar-refractivity contribution in [3.63, 3.8) is 0 Å². The summed E-state index contributed by atoms with van der Waals surface area (Å²) in [6.07, 6.45) is 5.60. The third-order valence-corrected chi connectivity index (χ3v) is 6.93. The topological polar surface area (TPSA) is 104 Å². The summed E-state index contributed by atoms with van der Waals surface area (Å²) in [5, 5.41) is 0.878. The van der Waals surface area contributed by atoms with Gasteiger partial charge in [0.1, 0.15) is 23.7 Å². The van der Waals surface area contributed by atoms with Crippen molar-refractivity contribution in [3.8, 4) is 28.5 Å². The number of methoxy groups -OCH3 is 2. The molecule has 1 aliphatic heterocycles. The number of ether oxygens (including phenoxy) is 3. The Balaban J connectivity index is 1.71. The van der Waals surface area contributed by atoms with Crippen molar-refractivity contribution in [1.82, 2.24) is 19.3 Å². The monoisotopic (exact) mass is 458 g/mol. The molecule has 0 N–H and O–H groups in total. The second-order valence-electron chi connectivity index (χ2n) is 7.74. The van der Waals surface area contributed by atoms with Crippen LogP contribution in [0.5, 0.6) is 17.4 Å². The molecule has 170 valence electrons. The minimum atomic E-state index is -3.19. The molecule has 1 aliphatic rings. The Bertz CT molecular complexity index is 1240. The van der Waals surface area contributed by atoms with Gasteiger partial charge in [0.25, 0.3) is 5.88 Å². The molecule has 0 amide bonds. The van der Waals surface area contributed by atoms with E-state index in [1.807, 2.05) is 25.1 Å². The molecule has 4 rings (SSSR count). The number of hydrogen-bond acceptors (Lipinski definition) is 8. The summed E-state index contributed by atoms with van der Waals surface area (Å²) in [6, 6.07) is 5.80. The zero-order valence-corrected chi connectivity index (χ0v) is 19.3. The van der Waals surface area contributed by atoms with Crippen LogP contribution in [0.15, 0.2) is 30.7 Å².